The number of hydrogen-bond donors (Lipinski definition) is 1. The zero-order valence-corrected chi connectivity index (χ0v) is 18.3. The molecular weight excluding hydrogens is 484 g/mol. The number of nitro groups is 1. The first kappa shape index (κ1) is 20.9. The van der Waals surface area contributed by atoms with E-state index in [-0.39, 0.29) is 10.4 Å². The third-order valence-corrected chi connectivity index (χ3v) is 6.97. The molecule has 0 aliphatic heterocycles. The van der Waals surface area contributed by atoms with Gasteiger partial charge in [0.15, 0.2) is 10.4 Å². The minimum atomic E-state index is -4.13. The van der Waals surface area contributed by atoms with Crippen LogP contribution in [0.5, 0.6) is 0 Å². The Labute approximate surface area is 186 Å². The maximum Gasteiger partial charge on any atom is 0.314 e. The smallest absolute Gasteiger partial charge is 0.314 e. The van der Waals surface area contributed by atoms with Crippen molar-refractivity contribution < 1.29 is 13.3 Å². The summed E-state index contributed by atoms with van der Waals surface area (Å²) in [6.07, 6.45) is 1.18. The summed E-state index contributed by atoms with van der Waals surface area (Å²) in [5.41, 5.74) is 0.373. The van der Waals surface area contributed by atoms with Gasteiger partial charge >= 0.3 is 5.69 Å². The normalized spacial score (nSPS) is 11.4. The van der Waals surface area contributed by atoms with Crippen LogP contribution in [0.15, 0.2) is 87.3 Å². The van der Waals surface area contributed by atoms with Gasteiger partial charge in [0.1, 0.15) is 12.1 Å². The number of sulfone groups is 1. The van der Waals surface area contributed by atoms with Gasteiger partial charge < -0.3 is 5.32 Å². The van der Waals surface area contributed by atoms with Gasteiger partial charge in [0, 0.05) is 16.4 Å². The number of rotatable bonds is 6. The maximum atomic E-state index is 13.1. The van der Waals surface area contributed by atoms with Crippen molar-refractivity contribution in [2.24, 2.45) is 0 Å². The van der Waals surface area contributed by atoms with Crippen molar-refractivity contribution in [3.63, 3.8) is 0 Å². The standard InChI is InChI=1S/C21H15BrN4O4S/c22-15-6-8-16(9-7-15)31(29,30)18-11-10-17-19(20(18)26(27)28)24-13-25-21(17)23-12-14-4-2-1-3-5-14/h1-11,13H,12H2,(H,23,24,25). The molecule has 0 saturated heterocycles. The SMILES string of the molecule is O=[N+]([O-])c1c(S(=O)(=O)c2ccc(Br)cc2)ccc2c(NCc3ccccc3)ncnc12. The Bertz CT molecular complexity index is 1380. The van der Waals surface area contributed by atoms with E-state index in [0.29, 0.717) is 22.2 Å². The monoisotopic (exact) mass is 498 g/mol. The van der Waals surface area contributed by atoms with Gasteiger partial charge in [-0.3, -0.25) is 10.1 Å². The second-order valence-corrected chi connectivity index (χ2v) is 9.42. The molecule has 0 atom stereocenters. The first-order chi connectivity index (χ1) is 14.9. The van der Waals surface area contributed by atoms with Crippen LogP contribution in [0.4, 0.5) is 11.5 Å². The van der Waals surface area contributed by atoms with Crippen LogP contribution in [-0.4, -0.2) is 23.3 Å². The second-order valence-electron chi connectivity index (χ2n) is 6.58. The van der Waals surface area contributed by atoms with E-state index in [4.69, 9.17) is 0 Å². The number of aromatic nitrogens is 2. The van der Waals surface area contributed by atoms with E-state index in [1.165, 1.54) is 30.6 Å². The Balaban J connectivity index is 1.83. The molecule has 1 aromatic heterocycles. The fourth-order valence-corrected chi connectivity index (χ4v) is 4.84. The molecule has 0 aliphatic rings. The van der Waals surface area contributed by atoms with E-state index in [0.717, 1.165) is 5.56 Å². The molecule has 31 heavy (non-hydrogen) atoms. The molecule has 0 unspecified atom stereocenters. The third-order valence-electron chi connectivity index (χ3n) is 4.64. The first-order valence-electron chi connectivity index (χ1n) is 9.08. The Hall–Kier alpha value is -3.37. The highest BCUT2D eigenvalue weighted by molar-refractivity contribution is 9.10. The van der Waals surface area contributed by atoms with Crippen LogP contribution >= 0.6 is 15.9 Å². The molecule has 3 aromatic carbocycles. The fourth-order valence-electron chi connectivity index (χ4n) is 3.15. The Morgan fingerprint density at radius 3 is 2.35 bits per heavy atom. The van der Waals surface area contributed by atoms with Gasteiger partial charge in [0.25, 0.3) is 0 Å². The van der Waals surface area contributed by atoms with Crippen LogP contribution in [-0.2, 0) is 16.4 Å². The lowest BCUT2D eigenvalue weighted by molar-refractivity contribution is -0.386. The number of anilines is 1. The van der Waals surface area contributed by atoms with Crippen LogP contribution in [0.25, 0.3) is 10.9 Å². The number of nitrogens with one attached hydrogen (secondary N) is 1. The van der Waals surface area contributed by atoms with Crippen LogP contribution < -0.4 is 5.32 Å². The van der Waals surface area contributed by atoms with Crippen LogP contribution in [0, 0.1) is 10.1 Å². The van der Waals surface area contributed by atoms with Gasteiger partial charge in [-0.25, -0.2) is 18.4 Å². The van der Waals surface area contributed by atoms with Crippen molar-refractivity contribution in [2.45, 2.75) is 16.3 Å². The molecule has 0 fully saturated rings. The highest BCUT2D eigenvalue weighted by Crippen LogP contribution is 2.36. The van der Waals surface area contributed by atoms with Gasteiger partial charge in [-0.05, 0) is 42.0 Å². The summed E-state index contributed by atoms with van der Waals surface area (Å²) >= 11 is 3.25. The van der Waals surface area contributed by atoms with E-state index >= 15 is 0 Å². The number of benzene rings is 3. The number of hydrogen-bond acceptors (Lipinski definition) is 7. The minimum Gasteiger partial charge on any atom is -0.365 e. The fraction of sp³-hybridized carbons (Fsp3) is 0.0476. The molecule has 0 radical (unpaired) electrons. The Kier molecular flexibility index (Phi) is 5.66. The summed E-state index contributed by atoms with van der Waals surface area (Å²) in [5.74, 6) is 0.379. The summed E-state index contributed by atoms with van der Waals surface area (Å²) in [5, 5.41) is 15.4. The highest BCUT2D eigenvalue weighted by Gasteiger charge is 2.31. The molecular formula is C21H15BrN4O4S. The lowest BCUT2D eigenvalue weighted by Gasteiger charge is -2.11. The van der Waals surface area contributed by atoms with Crippen molar-refractivity contribution in [1.29, 1.82) is 0 Å². The molecule has 0 aliphatic carbocycles. The quantitative estimate of drug-likeness (QED) is 0.301. The van der Waals surface area contributed by atoms with Crippen molar-refractivity contribution in [3.8, 4) is 0 Å². The summed E-state index contributed by atoms with van der Waals surface area (Å²) in [7, 11) is -4.13. The molecule has 0 amide bonds. The third kappa shape index (κ3) is 4.12. The van der Waals surface area contributed by atoms with E-state index in [1.54, 1.807) is 12.1 Å². The summed E-state index contributed by atoms with van der Waals surface area (Å²) in [6, 6.07) is 18.2. The van der Waals surface area contributed by atoms with E-state index < -0.39 is 25.3 Å². The summed E-state index contributed by atoms with van der Waals surface area (Å²) in [6.45, 7) is 0.444. The topological polar surface area (TPSA) is 115 Å². The van der Waals surface area contributed by atoms with Crippen molar-refractivity contribution in [1.82, 2.24) is 9.97 Å². The van der Waals surface area contributed by atoms with Gasteiger partial charge in [-0.2, -0.15) is 0 Å². The second kappa shape index (κ2) is 8.40. The van der Waals surface area contributed by atoms with Crippen molar-refractivity contribution >= 4 is 48.2 Å². The largest absolute Gasteiger partial charge is 0.365 e. The van der Waals surface area contributed by atoms with Gasteiger partial charge in [-0.1, -0.05) is 46.3 Å². The van der Waals surface area contributed by atoms with E-state index in [9.17, 15) is 18.5 Å². The molecule has 0 bridgehead atoms. The molecule has 0 saturated carbocycles. The Morgan fingerprint density at radius 1 is 0.968 bits per heavy atom. The molecule has 8 nitrogen and oxygen atoms in total. The summed E-state index contributed by atoms with van der Waals surface area (Å²) < 4.78 is 27.0. The first-order valence-corrected chi connectivity index (χ1v) is 11.4. The van der Waals surface area contributed by atoms with Gasteiger partial charge in [0.05, 0.1) is 9.82 Å². The number of nitro benzene ring substituents is 1. The van der Waals surface area contributed by atoms with Crippen molar-refractivity contribution in [3.05, 3.63) is 93.2 Å². The molecule has 4 rings (SSSR count). The average Bonchev–Trinajstić information content (AvgIpc) is 2.77. The number of fused-ring (bicyclic) bond motifs is 1. The summed E-state index contributed by atoms with van der Waals surface area (Å²) in [4.78, 5) is 18.9. The van der Waals surface area contributed by atoms with E-state index in [2.05, 4.69) is 31.2 Å². The zero-order chi connectivity index (χ0) is 22.0. The molecule has 156 valence electrons. The zero-order valence-electron chi connectivity index (χ0n) is 15.9. The highest BCUT2D eigenvalue weighted by atomic mass is 79.9. The lowest BCUT2D eigenvalue weighted by Crippen LogP contribution is -2.08. The predicted octanol–water partition coefficient (Wildman–Crippen LogP) is 4.75. The molecule has 1 N–H and O–H groups in total. The number of halogens is 1. The van der Waals surface area contributed by atoms with Gasteiger partial charge in [-0.15, -0.1) is 0 Å². The predicted molar refractivity (Wildman–Crippen MR) is 120 cm³/mol. The minimum absolute atomic E-state index is 0.0466. The molecule has 4 aromatic rings. The molecule has 0 spiro atoms. The van der Waals surface area contributed by atoms with Crippen molar-refractivity contribution in [2.75, 3.05) is 5.32 Å². The Morgan fingerprint density at radius 2 is 1.68 bits per heavy atom. The average molecular weight is 499 g/mol. The molecule has 10 heteroatoms. The number of nitrogens with zero attached hydrogens (tertiary/aromatic N) is 3. The van der Waals surface area contributed by atoms with Gasteiger partial charge in [0.2, 0.25) is 9.84 Å². The lowest BCUT2D eigenvalue weighted by atomic mass is 10.2. The van der Waals surface area contributed by atoms with Crippen LogP contribution in [0.1, 0.15) is 5.56 Å². The van der Waals surface area contributed by atoms with E-state index in [1.807, 2.05) is 30.3 Å². The van der Waals surface area contributed by atoms with Crippen LogP contribution in [0.2, 0.25) is 0 Å². The molecule has 1 heterocycles. The maximum absolute atomic E-state index is 13.1. The van der Waals surface area contributed by atoms with Crippen LogP contribution in [0.3, 0.4) is 0 Å².